The third kappa shape index (κ3) is 3.12. The van der Waals surface area contributed by atoms with Gasteiger partial charge in [-0.3, -0.25) is 4.21 Å². The lowest BCUT2D eigenvalue weighted by Crippen LogP contribution is -2.17. The molecule has 3 aromatic rings. The fourth-order valence-corrected chi connectivity index (χ4v) is 3.30. The number of fused-ring (bicyclic) bond motifs is 1. The Kier molecular flexibility index (Phi) is 3.65. The van der Waals surface area contributed by atoms with E-state index in [1.165, 1.54) is 29.0 Å². The van der Waals surface area contributed by atoms with Gasteiger partial charge in [0.25, 0.3) is 0 Å². The average molecular weight is 347 g/mol. The van der Waals surface area contributed by atoms with Gasteiger partial charge < -0.3 is 4.74 Å². The van der Waals surface area contributed by atoms with Crippen LogP contribution in [-0.4, -0.2) is 31.4 Å². The average Bonchev–Trinajstić information content (AvgIpc) is 2.94. The van der Waals surface area contributed by atoms with E-state index in [4.69, 9.17) is 0 Å². The van der Waals surface area contributed by atoms with Gasteiger partial charge in [-0.2, -0.15) is 0 Å². The Morgan fingerprint density at radius 1 is 1.36 bits per heavy atom. The van der Waals surface area contributed by atoms with Gasteiger partial charge in [0.1, 0.15) is 5.75 Å². The Morgan fingerprint density at radius 3 is 2.77 bits per heavy atom. The third-order valence-corrected chi connectivity index (χ3v) is 4.88. The lowest BCUT2D eigenvalue weighted by Gasteiger charge is -2.09. The summed E-state index contributed by atoms with van der Waals surface area (Å²) >= 11 is 1.16. The van der Waals surface area contributed by atoms with Crippen LogP contribution in [0.3, 0.4) is 0 Å². The highest BCUT2D eigenvalue weighted by molar-refractivity contribution is 7.86. The first-order valence-electron chi connectivity index (χ1n) is 5.88. The van der Waals surface area contributed by atoms with Crippen molar-refractivity contribution in [2.75, 3.05) is 6.26 Å². The van der Waals surface area contributed by atoms with E-state index in [0.717, 1.165) is 11.3 Å². The highest BCUT2D eigenvalue weighted by Crippen LogP contribution is 2.28. The van der Waals surface area contributed by atoms with Crippen molar-refractivity contribution in [3.8, 4) is 17.0 Å². The second kappa shape index (κ2) is 5.36. The molecule has 0 spiro atoms. The number of ether oxygens (including phenoxy) is 1. The summed E-state index contributed by atoms with van der Waals surface area (Å²) in [4.78, 5) is 4.79. The molecule has 0 saturated carbocycles. The molecule has 0 aliphatic rings. The Balaban J connectivity index is 1.95. The quantitative estimate of drug-likeness (QED) is 0.731. The summed E-state index contributed by atoms with van der Waals surface area (Å²) in [6.45, 7) is 0. The zero-order chi connectivity index (χ0) is 15.9. The zero-order valence-corrected chi connectivity index (χ0v) is 12.6. The van der Waals surface area contributed by atoms with Crippen LogP contribution in [0.15, 0.2) is 34.8 Å². The number of halogens is 3. The first-order valence-corrected chi connectivity index (χ1v) is 8.25. The van der Waals surface area contributed by atoms with Crippen molar-refractivity contribution < 1.29 is 22.1 Å². The largest absolute Gasteiger partial charge is 0.573 e. The summed E-state index contributed by atoms with van der Waals surface area (Å²) in [7, 11) is -1.20. The van der Waals surface area contributed by atoms with Gasteiger partial charge in [-0.15, -0.1) is 18.3 Å². The van der Waals surface area contributed by atoms with Crippen LogP contribution in [0.2, 0.25) is 0 Å². The number of benzene rings is 1. The van der Waals surface area contributed by atoms with Crippen LogP contribution >= 0.6 is 11.3 Å². The van der Waals surface area contributed by atoms with Crippen molar-refractivity contribution in [2.24, 2.45) is 0 Å². The molecule has 5 nitrogen and oxygen atoms in total. The molecule has 10 heteroatoms. The van der Waals surface area contributed by atoms with E-state index in [2.05, 4.69) is 14.8 Å². The molecular weight excluding hydrogens is 339 g/mol. The maximum atomic E-state index is 12.2. The van der Waals surface area contributed by atoms with E-state index in [0.29, 0.717) is 20.6 Å². The molecule has 0 radical (unpaired) electrons. The summed E-state index contributed by atoms with van der Waals surface area (Å²) in [5.74, 6) is -0.315. The fraction of sp³-hybridized carbons (Fsp3) is 0.167. The predicted octanol–water partition coefficient (Wildman–Crippen LogP) is 3.09. The minimum absolute atomic E-state index is 0.315. The van der Waals surface area contributed by atoms with Crippen LogP contribution < -0.4 is 4.74 Å². The molecule has 0 amide bonds. The molecule has 0 saturated heterocycles. The predicted molar refractivity (Wildman–Crippen MR) is 75.3 cm³/mol. The molecule has 22 heavy (non-hydrogen) atoms. The van der Waals surface area contributed by atoms with Crippen LogP contribution in [0.1, 0.15) is 0 Å². The van der Waals surface area contributed by atoms with Gasteiger partial charge in [0, 0.05) is 11.8 Å². The number of aromatic nitrogens is 3. The number of alkyl halides is 3. The standard InChI is InChI=1S/C12H8F3N3O2S2/c1-22(19)11-17-18-6-9(16-10(18)21-11)7-3-2-4-8(5-7)20-12(13,14)15/h2-6H,1H3. The van der Waals surface area contributed by atoms with Gasteiger partial charge >= 0.3 is 6.36 Å². The molecule has 0 fully saturated rings. The highest BCUT2D eigenvalue weighted by Gasteiger charge is 2.31. The first kappa shape index (κ1) is 15.0. The normalized spacial score (nSPS) is 13.5. The second-order valence-electron chi connectivity index (χ2n) is 4.25. The third-order valence-electron chi connectivity index (χ3n) is 2.63. The van der Waals surface area contributed by atoms with Gasteiger partial charge in [-0.25, -0.2) is 9.50 Å². The summed E-state index contributed by atoms with van der Waals surface area (Å²) in [5.41, 5.74) is 0.929. The Morgan fingerprint density at radius 2 is 2.14 bits per heavy atom. The van der Waals surface area contributed by atoms with Crippen LogP contribution in [0.4, 0.5) is 13.2 Å². The molecule has 2 heterocycles. The molecular formula is C12H8F3N3O2S2. The van der Waals surface area contributed by atoms with Gasteiger partial charge in [-0.05, 0) is 12.1 Å². The minimum atomic E-state index is -4.74. The van der Waals surface area contributed by atoms with Gasteiger partial charge in [0.15, 0.2) is 0 Å². The number of imidazole rings is 1. The highest BCUT2D eigenvalue weighted by atomic mass is 32.2. The number of nitrogens with zero attached hydrogens (tertiary/aromatic N) is 3. The zero-order valence-electron chi connectivity index (χ0n) is 11.0. The summed E-state index contributed by atoms with van der Waals surface area (Å²) in [6, 6.07) is 5.53. The Hall–Kier alpha value is -1.94. The smallest absolute Gasteiger partial charge is 0.406 e. The maximum absolute atomic E-state index is 12.2. The monoisotopic (exact) mass is 347 g/mol. The van der Waals surface area contributed by atoms with E-state index < -0.39 is 17.2 Å². The summed E-state index contributed by atoms with van der Waals surface area (Å²) in [5, 5.41) is 4.10. The lowest BCUT2D eigenvalue weighted by atomic mass is 10.1. The number of hydrogen-bond donors (Lipinski definition) is 0. The SMILES string of the molecule is CS(=O)c1nn2cc(-c3cccc(OC(F)(F)F)c3)nc2s1. The van der Waals surface area contributed by atoms with E-state index in [1.807, 2.05) is 0 Å². The second-order valence-corrected chi connectivity index (χ2v) is 6.76. The maximum Gasteiger partial charge on any atom is 0.573 e. The summed E-state index contributed by atoms with van der Waals surface area (Å²) in [6.07, 6.45) is -1.67. The first-order chi connectivity index (χ1) is 10.3. The van der Waals surface area contributed by atoms with Crippen molar-refractivity contribution in [3.05, 3.63) is 30.5 Å². The van der Waals surface area contributed by atoms with Crippen molar-refractivity contribution >= 4 is 27.1 Å². The molecule has 0 bridgehead atoms. The van der Waals surface area contributed by atoms with E-state index in [1.54, 1.807) is 12.3 Å². The summed E-state index contributed by atoms with van der Waals surface area (Å²) < 4.78 is 53.8. The molecule has 1 atom stereocenters. The molecule has 0 aliphatic carbocycles. The van der Waals surface area contributed by atoms with Crippen LogP contribution in [0, 0.1) is 0 Å². The molecule has 0 N–H and O–H groups in total. The topological polar surface area (TPSA) is 56.5 Å². The molecule has 1 aromatic carbocycles. The van der Waals surface area contributed by atoms with Crippen molar-refractivity contribution in [3.63, 3.8) is 0 Å². The van der Waals surface area contributed by atoms with E-state index in [9.17, 15) is 17.4 Å². The molecule has 1 unspecified atom stereocenters. The number of rotatable bonds is 3. The van der Waals surface area contributed by atoms with Crippen LogP contribution in [0.5, 0.6) is 5.75 Å². The van der Waals surface area contributed by atoms with Crippen molar-refractivity contribution in [1.82, 2.24) is 14.6 Å². The minimum Gasteiger partial charge on any atom is -0.406 e. The van der Waals surface area contributed by atoms with Gasteiger partial charge in [0.2, 0.25) is 9.30 Å². The van der Waals surface area contributed by atoms with Crippen molar-refractivity contribution in [1.29, 1.82) is 0 Å². The van der Waals surface area contributed by atoms with Gasteiger partial charge in [0.05, 0.1) is 22.7 Å². The molecule has 2 aromatic heterocycles. The molecule has 3 rings (SSSR count). The van der Waals surface area contributed by atoms with Crippen LogP contribution in [0.25, 0.3) is 16.2 Å². The van der Waals surface area contributed by atoms with E-state index >= 15 is 0 Å². The van der Waals surface area contributed by atoms with E-state index in [-0.39, 0.29) is 5.75 Å². The van der Waals surface area contributed by atoms with Crippen LogP contribution in [-0.2, 0) is 10.8 Å². The van der Waals surface area contributed by atoms with Gasteiger partial charge in [-0.1, -0.05) is 23.5 Å². The molecule has 116 valence electrons. The van der Waals surface area contributed by atoms with Crippen molar-refractivity contribution in [2.45, 2.75) is 10.7 Å². The lowest BCUT2D eigenvalue weighted by molar-refractivity contribution is -0.274. The Bertz CT molecular complexity index is 825. The molecule has 0 aliphatic heterocycles. The Labute approximate surface area is 128 Å². The fourth-order valence-electron chi connectivity index (χ4n) is 1.79. The number of hydrogen-bond acceptors (Lipinski definition) is 5.